The van der Waals surface area contributed by atoms with Crippen LogP contribution >= 0.6 is 0 Å². The molecule has 0 amide bonds. The monoisotopic (exact) mass is 580 g/mol. The SMILES string of the molecule is CC(C)(C)c1ccc2c(c1)c1cc(C(C)(C)C)cc3c1n2B1c2ccccc2N(c2ccccc2)c2c1c-3cc1ccccc21. The van der Waals surface area contributed by atoms with Gasteiger partial charge in [0.25, 0.3) is 0 Å². The Kier molecular flexibility index (Phi) is 5.28. The normalized spacial score (nSPS) is 13.9. The highest BCUT2D eigenvalue weighted by Gasteiger charge is 2.43. The van der Waals surface area contributed by atoms with Crippen molar-refractivity contribution in [2.24, 2.45) is 0 Å². The van der Waals surface area contributed by atoms with Crippen LogP contribution in [0.5, 0.6) is 0 Å². The molecule has 9 rings (SSSR count). The Balaban J connectivity index is 1.52. The first kappa shape index (κ1) is 26.6. The van der Waals surface area contributed by atoms with Crippen LogP contribution in [0.15, 0.2) is 115 Å². The molecule has 0 N–H and O–H groups in total. The molecule has 0 radical (unpaired) electrons. The van der Waals surface area contributed by atoms with Gasteiger partial charge in [0.05, 0.1) is 5.69 Å². The first-order chi connectivity index (χ1) is 21.6. The van der Waals surface area contributed by atoms with Crippen molar-refractivity contribution >= 4 is 67.4 Å². The molecule has 45 heavy (non-hydrogen) atoms. The molecule has 1 aromatic heterocycles. The minimum atomic E-state index is 0.0111. The van der Waals surface area contributed by atoms with Gasteiger partial charge in [0, 0.05) is 44.1 Å². The maximum atomic E-state index is 2.68. The van der Waals surface area contributed by atoms with Gasteiger partial charge in [0.2, 0.25) is 0 Å². The van der Waals surface area contributed by atoms with E-state index in [9.17, 15) is 0 Å². The molecule has 3 heteroatoms. The fraction of sp³-hybridized carbons (Fsp3) is 0.190. The van der Waals surface area contributed by atoms with Gasteiger partial charge in [-0.05, 0) is 92.4 Å². The van der Waals surface area contributed by atoms with Crippen LogP contribution in [0.2, 0.25) is 0 Å². The minimum Gasteiger partial charge on any atom is -0.375 e. The highest BCUT2D eigenvalue weighted by atomic mass is 15.2. The molecular formula is C42H37BN2. The van der Waals surface area contributed by atoms with Crippen LogP contribution in [0.3, 0.4) is 0 Å². The molecule has 0 atom stereocenters. The van der Waals surface area contributed by atoms with Gasteiger partial charge in [0.15, 0.2) is 0 Å². The van der Waals surface area contributed by atoms with Crippen LogP contribution in [-0.4, -0.2) is 11.3 Å². The maximum Gasteiger partial charge on any atom is 0.333 e. The van der Waals surface area contributed by atoms with Crippen LogP contribution in [0.25, 0.3) is 43.7 Å². The number of para-hydroxylation sites is 2. The molecule has 0 saturated carbocycles. The van der Waals surface area contributed by atoms with Crippen molar-refractivity contribution in [3.63, 3.8) is 0 Å². The summed E-state index contributed by atoms with van der Waals surface area (Å²) in [5.74, 6) is 0. The third-order valence-corrected chi connectivity index (χ3v) is 10.2. The summed E-state index contributed by atoms with van der Waals surface area (Å²) < 4.78 is 2.68. The van der Waals surface area contributed by atoms with Crippen LogP contribution in [0, 0.1) is 0 Å². The molecule has 2 nitrogen and oxygen atoms in total. The van der Waals surface area contributed by atoms with Gasteiger partial charge < -0.3 is 9.38 Å². The number of aromatic nitrogens is 1. The Labute approximate surface area is 266 Å². The van der Waals surface area contributed by atoms with E-state index in [0.717, 1.165) is 0 Å². The first-order valence-electron chi connectivity index (χ1n) is 16.2. The number of benzene rings is 6. The average Bonchev–Trinajstić information content (AvgIpc) is 3.36. The van der Waals surface area contributed by atoms with E-state index in [1.165, 1.54) is 82.8 Å². The zero-order chi connectivity index (χ0) is 30.8. The second-order valence-electron chi connectivity index (χ2n) is 15.1. The lowest BCUT2D eigenvalue weighted by atomic mass is 9.45. The summed E-state index contributed by atoms with van der Waals surface area (Å²) >= 11 is 0. The Hall–Kier alpha value is -4.76. The first-order valence-corrected chi connectivity index (χ1v) is 16.2. The Morgan fingerprint density at radius 3 is 2.02 bits per heavy atom. The molecule has 2 aliphatic rings. The molecule has 0 saturated heterocycles. The van der Waals surface area contributed by atoms with Gasteiger partial charge in [-0.2, -0.15) is 0 Å². The van der Waals surface area contributed by atoms with Gasteiger partial charge in [-0.3, -0.25) is 0 Å². The van der Waals surface area contributed by atoms with Crippen molar-refractivity contribution < 1.29 is 0 Å². The molecule has 0 spiro atoms. The predicted octanol–water partition coefficient (Wildman–Crippen LogP) is 9.96. The largest absolute Gasteiger partial charge is 0.375 e. The standard InChI is InChI=1S/C42H37BN2/c1-41(2,3)27-20-21-36-31(23-27)33-24-28(42(4,5)6)25-34-32-22-26-14-10-11-17-30(26)40-38(32)43(45(36)39(33)34)35-18-12-13-19-37(35)44(40)29-15-8-7-9-16-29/h7-25H,1-6H3. The third kappa shape index (κ3) is 3.64. The minimum absolute atomic E-state index is 0.0111. The molecule has 3 heterocycles. The average molecular weight is 581 g/mol. The Morgan fingerprint density at radius 1 is 0.556 bits per heavy atom. The molecule has 0 aliphatic carbocycles. The van der Waals surface area contributed by atoms with E-state index in [4.69, 9.17) is 0 Å². The number of anilines is 3. The van der Waals surface area contributed by atoms with E-state index < -0.39 is 0 Å². The molecule has 0 bridgehead atoms. The van der Waals surface area contributed by atoms with Gasteiger partial charge in [-0.15, -0.1) is 0 Å². The summed E-state index contributed by atoms with van der Waals surface area (Å²) in [6.07, 6.45) is 0. The molecular weight excluding hydrogens is 543 g/mol. The molecule has 218 valence electrons. The van der Waals surface area contributed by atoms with E-state index in [0.29, 0.717) is 0 Å². The fourth-order valence-electron chi connectivity index (χ4n) is 7.95. The number of rotatable bonds is 1. The Bertz CT molecular complexity index is 2350. The molecule has 6 aromatic carbocycles. The molecule has 0 unspecified atom stereocenters. The van der Waals surface area contributed by atoms with E-state index in [-0.39, 0.29) is 17.7 Å². The third-order valence-electron chi connectivity index (χ3n) is 10.2. The van der Waals surface area contributed by atoms with Gasteiger partial charge in [-0.25, -0.2) is 0 Å². The van der Waals surface area contributed by atoms with Crippen LogP contribution in [-0.2, 0) is 10.8 Å². The van der Waals surface area contributed by atoms with E-state index >= 15 is 0 Å². The Morgan fingerprint density at radius 2 is 1.24 bits per heavy atom. The van der Waals surface area contributed by atoms with Crippen molar-refractivity contribution in [3.05, 3.63) is 126 Å². The highest BCUT2D eigenvalue weighted by Crippen LogP contribution is 2.49. The fourth-order valence-corrected chi connectivity index (χ4v) is 7.95. The van der Waals surface area contributed by atoms with Gasteiger partial charge in [-0.1, -0.05) is 108 Å². The van der Waals surface area contributed by atoms with E-state index in [1.54, 1.807) is 0 Å². The van der Waals surface area contributed by atoms with Crippen molar-refractivity contribution in [1.82, 2.24) is 4.48 Å². The molecule has 0 fully saturated rings. The summed E-state index contributed by atoms with van der Waals surface area (Å²) in [6, 6.07) is 43.6. The van der Waals surface area contributed by atoms with Gasteiger partial charge in [0.1, 0.15) is 0 Å². The van der Waals surface area contributed by atoms with Crippen molar-refractivity contribution in [2.75, 3.05) is 4.90 Å². The second-order valence-corrected chi connectivity index (χ2v) is 15.1. The van der Waals surface area contributed by atoms with E-state index in [2.05, 4.69) is 166 Å². The van der Waals surface area contributed by atoms with Crippen LogP contribution < -0.4 is 15.8 Å². The van der Waals surface area contributed by atoms with Gasteiger partial charge >= 0.3 is 6.85 Å². The second kappa shape index (κ2) is 8.91. The lowest BCUT2D eigenvalue weighted by Crippen LogP contribution is -2.56. The maximum absolute atomic E-state index is 2.68. The van der Waals surface area contributed by atoms with Crippen molar-refractivity contribution in [1.29, 1.82) is 0 Å². The number of nitrogens with zero attached hydrogens (tertiary/aromatic N) is 2. The van der Waals surface area contributed by atoms with Crippen LogP contribution in [0.1, 0.15) is 52.7 Å². The summed E-state index contributed by atoms with van der Waals surface area (Å²) in [7, 11) is 0. The molecule has 2 aliphatic heterocycles. The van der Waals surface area contributed by atoms with Crippen LogP contribution in [0.4, 0.5) is 17.1 Å². The number of hydrogen-bond donors (Lipinski definition) is 0. The number of hydrogen-bond acceptors (Lipinski definition) is 1. The quantitative estimate of drug-likeness (QED) is 0.176. The smallest absolute Gasteiger partial charge is 0.333 e. The molecule has 7 aromatic rings. The summed E-state index contributed by atoms with van der Waals surface area (Å²) in [6.45, 7) is 14.0. The zero-order valence-corrected chi connectivity index (χ0v) is 26.9. The van der Waals surface area contributed by atoms with Crippen molar-refractivity contribution in [3.8, 4) is 11.1 Å². The topological polar surface area (TPSA) is 8.17 Å². The summed E-state index contributed by atoms with van der Waals surface area (Å²) in [5, 5.41) is 5.28. The lowest BCUT2D eigenvalue weighted by Gasteiger charge is -2.41. The summed E-state index contributed by atoms with van der Waals surface area (Å²) in [5.41, 5.74) is 14.7. The highest BCUT2D eigenvalue weighted by molar-refractivity contribution is 6.90. The lowest BCUT2D eigenvalue weighted by molar-refractivity contribution is 0.590. The summed E-state index contributed by atoms with van der Waals surface area (Å²) in [4.78, 5) is 2.52. The number of fused-ring (bicyclic) bond motifs is 9. The van der Waals surface area contributed by atoms with E-state index in [1.807, 2.05) is 0 Å². The zero-order valence-electron chi connectivity index (χ0n) is 26.9. The van der Waals surface area contributed by atoms with Crippen molar-refractivity contribution in [2.45, 2.75) is 52.4 Å². The predicted molar refractivity (Wildman–Crippen MR) is 195 cm³/mol.